The van der Waals surface area contributed by atoms with Crippen LogP contribution in [0.2, 0.25) is 5.15 Å². The number of anilines is 2. The Morgan fingerprint density at radius 3 is 2.59 bits per heavy atom. The maximum Gasteiger partial charge on any atom is 0.471 e. The number of nitrogens with zero attached hydrogens (tertiary/aromatic N) is 3. The number of carbonyl (C=O) groups is 2. The fourth-order valence-corrected chi connectivity index (χ4v) is 3.53. The first-order valence-electron chi connectivity index (χ1n) is 7.84. The van der Waals surface area contributed by atoms with Crippen LogP contribution in [-0.2, 0) is 9.59 Å². The Balaban J connectivity index is 2.50. The van der Waals surface area contributed by atoms with Crippen LogP contribution in [0.5, 0.6) is 0 Å². The van der Waals surface area contributed by atoms with Crippen LogP contribution in [0.3, 0.4) is 0 Å². The van der Waals surface area contributed by atoms with Gasteiger partial charge in [-0.05, 0) is 19.4 Å². The summed E-state index contributed by atoms with van der Waals surface area (Å²) in [7, 11) is 0. The average molecular weight is 421 g/mol. The average Bonchev–Trinajstić information content (AvgIpc) is 2.91. The molecule has 0 saturated carbocycles. The molecule has 0 aliphatic heterocycles. The van der Waals surface area contributed by atoms with Crippen LogP contribution in [0.4, 0.5) is 24.0 Å². The molecular weight excluding hydrogens is 405 g/mol. The topological polar surface area (TPSA) is 75.2 Å². The van der Waals surface area contributed by atoms with E-state index in [1.807, 2.05) is 0 Å². The lowest BCUT2D eigenvalue weighted by Gasteiger charge is -2.24. The molecule has 0 saturated heterocycles. The van der Waals surface area contributed by atoms with E-state index >= 15 is 0 Å². The molecule has 2 heterocycles. The summed E-state index contributed by atoms with van der Waals surface area (Å²) in [6.07, 6.45) is -3.35. The monoisotopic (exact) mass is 420 g/mol. The van der Waals surface area contributed by atoms with Gasteiger partial charge in [-0.2, -0.15) is 13.2 Å². The summed E-state index contributed by atoms with van der Waals surface area (Å²) >= 11 is 7.12. The van der Waals surface area contributed by atoms with E-state index in [4.69, 9.17) is 11.6 Å². The number of alkyl halides is 3. The zero-order valence-corrected chi connectivity index (χ0v) is 16.2. The van der Waals surface area contributed by atoms with Crippen molar-refractivity contribution in [3.8, 4) is 10.4 Å². The van der Waals surface area contributed by atoms with Crippen molar-refractivity contribution in [2.45, 2.75) is 33.4 Å². The third-order valence-electron chi connectivity index (χ3n) is 3.39. The summed E-state index contributed by atoms with van der Waals surface area (Å²) in [5, 5.41) is 2.69. The Hall–Kier alpha value is -2.20. The Kier molecular flexibility index (Phi) is 6.42. The molecule has 0 atom stereocenters. The molecule has 2 amide bonds. The Morgan fingerprint density at radius 2 is 2.04 bits per heavy atom. The van der Waals surface area contributed by atoms with E-state index in [0.717, 1.165) is 11.3 Å². The predicted molar refractivity (Wildman–Crippen MR) is 98.1 cm³/mol. The summed E-state index contributed by atoms with van der Waals surface area (Å²) in [6.45, 7) is 4.51. The van der Waals surface area contributed by atoms with Crippen LogP contribution in [-0.4, -0.2) is 34.5 Å². The summed E-state index contributed by atoms with van der Waals surface area (Å²) in [4.78, 5) is 32.3. The molecule has 0 unspecified atom stereocenters. The highest BCUT2D eigenvalue weighted by molar-refractivity contribution is 7.19. The number of nitrogens with one attached hydrogen (secondary N) is 1. The molecule has 0 bridgehead atoms. The van der Waals surface area contributed by atoms with Gasteiger partial charge in [0.05, 0.1) is 16.3 Å². The van der Waals surface area contributed by atoms with Gasteiger partial charge in [0.2, 0.25) is 5.91 Å². The fraction of sp³-hybridized carbons (Fsp3) is 0.375. The first-order valence-corrected chi connectivity index (χ1v) is 9.03. The maximum atomic E-state index is 12.9. The quantitative estimate of drug-likeness (QED) is 0.726. The van der Waals surface area contributed by atoms with E-state index in [-0.39, 0.29) is 23.3 Å². The summed E-state index contributed by atoms with van der Waals surface area (Å²) < 4.78 is 38.8. The number of thiazole rings is 1. The molecule has 0 aliphatic carbocycles. The highest BCUT2D eigenvalue weighted by Crippen LogP contribution is 2.37. The first kappa shape index (κ1) is 21.1. The van der Waals surface area contributed by atoms with Crippen LogP contribution in [0, 0.1) is 6.92 Å². The van der Waals surface area contributed by atoms with Crippen molar-refractivity contribution in [1.82, 2.24) is 9.97 Å². The van der Waals surface area contributed by atoms with E-state index in [0.29, 0.717) is 32.6 Å². The lowest BCUT2D eigenvalue weighted by atomic mass is 10.2. The van der Waals surface area contributed by atoms with Crippen molar-refractivity contribution < 1.29 is 22.8 Å². The second kappa shape index (κ2) is 8.22. The first-order chi connectivity index (χ1) is 12.5. The molecule has 0 fully saturated rings. The van der Waals surface area contributed by atoms with Crippen molar-refractivity contribution in [3.05, 3.63) is 23.1 Å². The minimum Gasteiger partial charge on any atom is -0.302 e. The normalized spacial score (nSPS) is 11.4. The molecule has 0 aromatic carbocycles. The number of aryl methyl sites for hydroxylation is 1. The molecule has 0 radical (unpaired) electrons. The Morgan fingerprint density at radius 1 is 1.37 bits per heavy atom. The molecule has 146 valence electrons. The van der Waals surface area contributed by atoms with Crippen molar-refractivity contribution in [1.29, 1.82) is 0 Å². The van der Waals surface area contributed by atoms with Gasteiger partial charge >= 0.3 is 12.1 Å². The summed E-state index contributed by atoms with van der Waals surface area (Å²) in [5.41, 5.74) is 0.868. The Bertz CT molecular complexity index is 870. The van der Waals surface area contributed by atoms with Gasteiger partial charge in [-0.3, -0.25) is 9.59 Å². The standard InChI is InChI=1S/C16H16ClF3N4O2S/c1-4-5-24(14(26)16(18,19)20)11-6-10(7-21-13(11)17)12-8(2)22-15(27-12)23-9(3)25/h6-7H,4-5H2,1-3H3,(H,22,23,25). The highest BCUT2D eigenvalue weighted by Gasteiger charge is 2.43. The van der Waals surface area contributed by atoms with E-state index in [1.165, 1.54) is 19.2 Å². The molecule has 0 aliphatic rings. The maximum absolute atomic E-state index is 12.9. The summed E-state index contributed by atoms with van der Waals surface area (Å²) in [5.74, 6) is -2.31. The van der Waals surface area contributed by atoms with Gasteiger partial charge in [-0.25, -0.2) is 9.97 Å². The van der Waals surface area contributed by atoms with Crippen molar-refractivity contribution in [2.24, 2.45) is 0 Å². The third kappa shape index (κ3) is 4.95. The van der Waals surface area contributed by atoms with E-state index in [1.54, 1.807) is 13.8 Å². The third-order valence-corrected chi connectivity index (χ3v) is 4.80. The zero-order valence-electron chi connectivity index (χ0n) is 14.6. The number of rotatable bonds is 5. The smallest absolute Gasteiger partial charge is 0.302 e. The van der Waals surface area contributed by atoms with Crippen LogP contribution in [0.25, 0.3) is 10.4 Å². The van der Waals surface area contributed by atoms with Gasteiger partial charge in [-0.15, -0.1) is 0 Å². The number of halogens is 4. The van der Waals surface area contributed by atoms with Gasteiger partial charge in [0.1, 0.15) is 0 Å². The van der Waals surface area contributed by atoms with E-state index in [2.05, 4.69) is 15.3 Å². The predicted octanol–water partition coefficient (Wildman–Crippen LogP) is 4.43. The lowest BCUT2D eigenvalue weighted by Crippen LogP contribution is -2.42. The van der Waals surface area contributed by atoms with Gasteiger partial charge in [0.15, 0.2) is 10.3 Å². The fourth-order valence-electron chi connectivity index (χ4n) is 2.33. The van der Waals surface area contributed by atoms with Crippen LogP contribution in [0.15, 0.2) is 12.3 Å². The van der Waals surface area contributed by atoms with Crippen LogP contribution < -0.4 is 10.2 Å². The molecule has 2 aromatic heterocycles. The van der Waals surface area contributed by atoms with Crippen molar-refractivity contribution in [2.75, 3.05) is 16.8 Å². The van der Waals surface area contributed by atoms with E-state index in [9.17, 15) is 22.8 Å². The van der Waals surface area contributed by atoms with E-state index < -0.39 is 12.1 Å². The highest BCUT2D eigenvalue weighted by atomic mass is 35.5. The van der Waals surface area contributed by atoms with Crippen LogP contribution in [0.1, 0.15) is 26.0 Å². The molecule has 1 N–H and O–H groups in total. The summed E-state index contributed by atoms with van der Waals surface area (Å²) in [6, 6.07) is 1.37. The number of carbonyl (C=O) groups excluding carboxylic acids is 2. The number of hydrogen-bond donors (Lipinski definition) is 1. The zero-order chi connectivity index (χ0) is 20.4. The van der Waals surface area contributed by atoms with Gasteiger partial charge in [0.25, 0.3) is 0 Å². The van der Waals surface area contributed by atoms with Crippen LogP contribution >= 0.6 is 22.9 Å². The second-order valence-corrected chi connectivity index (χ2v) is 6.96. The lowest BCUT2D eigenvalue weighted by molar-refractivity contribution is -0.170. The van der Waals surface area contributed by atoms with Gasteiger partial charge in [-0.1, -0.05) is 29.9 Å². The minimum atomic E-state index is -5.03. The Labute approximate surface area is 162 Å². The molecule has 2 rings (SSSR count). The molecule has 6 nitrogen and oxygen atoms in total. The van der Waals surface area contributed by atoms with Gasteiger partial charge < -0.3 is 10.2 Å². The SMILES string of the molecule is CCCN(C(=O)C(F)(F)F)c1cc(-c2sc(NC(C)=O)nc2C)cnc1Cl. The minimum absolute atomic E-state index is 0.132. The molecule has 11 heteroatoms. The number of hydrogen-bond acceptors (Lipinski definition) is 5. The molecule has 27 heavy (non-hydrogen) atoms. The largest absolute Gasteiger partial charge is 0.471 e. The molecular formula is C16H16ClF3N4O2S. The van der Waals surface area contributed by atoms with Crippen molar-refractivity contribution >= 4 is 45.6 Å². The second-order valence-electron chi connectivity index (χ2n) is 5.60. The van der Waals surface area contributed by atoms with Crippen molar-refractivity contribution in [3.63, 3.8) is 0 Å². The number of amides is 2. The molecule has 0 spiro atoms. The number of aromatic nitrogens is 2. The van der Waals surface area contributed by atoms with Gasteiger partial charge in [0, 0.05) is 25.2 Å². The molecule has 2 aromatic rings. The number of pyridine rings is 1.